The monoisotopic (exact) mass is 642 g/mol. The molecule has 258 valence electrons. The topological polar surface area (TPSA) is 73.5 Å². The Balaban J connectivity index is 0.000000894. The van der Waals surface area contributed by atoms with Gasteiger partial charge in [-0.1, -0.05) is 118 Å². The molecular formula is C41H62N4O2. The zero-order chi connectivity index (χ0) is 35.3. The number of amides is 2. The van der Waals surface area contributed by atoms with Crippen LogP contribution in [0, 0.1) is 13.8 Å². The Morgan fingerprint density at radius 3 is 2.02 bits per heavy atom. The molecule has 3 aliphatic heterocycles. The van der Waals surface area contributed by atoms with E-state index in [2.05, 4.69) is 97.1 Å². The van der Waals surface area contributed by atoms with E-state index in [1.54, 1.807) is 0 Å². The van der Waals surface area contributed by atoms with E-state index in [0.717, 1.165) is 30.6 Å². The maximum Gasteiger partial charge on any atom is 0.251 e. The zero-order valence-corrected chi connectivity index (χ0v) is 31.3. The van der Waals surface area contributed by atoms with Gasteiger partial charge in [0.05, 0.1) is 0 Å². The van der Waals surface area contributed by atoms with Gasteiger partial charge >= 0.3 is 0 Å². The van der Waals surface area contributed by atoms with Crippen molar-refractivity contribution in [3.8, 4) is 0 Å². The van der Waals surface area contributed by atoms with Gasteiger partial charge in [0.15, 0.2) is 0 Å². The second-order valence-corrected chi connectivity index (χ2v) is 11.3. The highest BCUT2D eigenvalue weighted by Gasteiger charge is 2.68. The lowest BCUT2D eigenvalue weighted by Gasteiger charge is -2.40. The lowest BCUT2D eigenvalue weighted by molar-refractivity contribution is -0.127. The maximum atomic E-state index is 14.2. The molecular weight excluding hydrogens is 580 g/mol. The Morgan fingerprint density at radius 2 is 1.45 bits per heavy atom. The number of aryl methyl sites for hydroxylation is 2. The molecule has 0 unspecified atom stereocenters. The molecule has 0 radical (unpaired) electrons. The van der Waals surface area contributed by atoms with Crippen molar-refractivity contribution >= 4 is 17.5 Å². The first-order chi connectivity index (χ1) is 22.9. The number of likely N-dealkylation sites (N-methyl/N-ethyl adjacent to an activating group) is 1. The fourth-order valence-electron chi connectivity index (χ4n) is 7.34. The van der Waals surface area contributed by atoms with Gasteiger partial charge in [0.2, 0.25) is 5.91 Å². The lowest BCUT2D eigenvalue weighted by Crippen LogP contribution is -2.52. The normalized spacial score (nSPS) is 23.3. The third-order valence-corrected chi connectivity index (χ3v) is 9.20. The third-order valence-electron chi connectivity index (χ3n) is 9.20. The highest BCUT2D eigenvalue weighted by Crippen LogP contribution is 2.59. The van der Waals surface area contributed by atoms with Gasteiger partial charge in [-0.25, -0.2) is 0 Å². The van der Waals surface area contributed by atoms with Crippen LogP contribution in [0.1, 0.15) is 132 Å². The van der Waals surface area contributed by atoms with E-state index in [0.29, 0.717) is 12.1 Å². The Labute approximate surface area is 286 Å². The summed E-state index contributed by atoms with van der Waals surface area (Å²) in [6.45, 7) is 25.9. The minimum Gasteiger partial charge on any atom is -0.352 e. The smallest absolute Gasteiger partial charge is 0.251 e. The average Bonchev–Trinajstić information content (AvgIpc) is 3.76. The van der Waals surface area contributed by atoms with Crippen LogP contribution in [0.4, 0.5) is 5.69 Å². The Hall–Kier alpha value is -3.48. The van der Waals surface area contributed by atoms with Crippen molar-refractivity contribution in [2.75, 3.05) is 18.4 Å². The molecule has 6 heteroatoms. The molecule has 6 rings (SSSR count). The van der Waals surface area contributed by atoms with Crippen LogP contribution in [0.25, 0.3) is 0 Å². The minimum atomic E-state index is -0.765. The summed E-state index contributed by atoms with van der Waals surface area (Å²) in [5.41, 5.74) is 6.71. The largest absolute Gasteiger partial charge is 0.352 e. The number of hydrogen-bond donors (Lipinski definition) is 3. The van der Waals surface area contributed by atoms with Gasteiger partial charge in [0.1, 0.15) is 5.54 Å². The van der Waals surface area contributed by atoms with Crippen LogP contribution in [-0.2, 0) is 10.3 Å². The molecule has 0 bridgehead atoms. The predicted octanol–water partition coefficient (Wildman–Crippen LogP) is 9.29. The van der Waals surface area contributed by atoms with Crippen LogP contribution in [0.3, 0.4) is 0 Å². The molecule has 2 fully saturated rings. The first kappa shape index (κ1) is 39.7. The summed E-state index contributed by atoms with van der Waals surface area (Å²) in [5.74, 6) is 0.00355. The molecule has 47 heavy (non-hydrogen) atoms. The van der Waals surface area contributed by atoms with E-state index in [9.17, 15) is 9.59 Å². The van der Waals surface area contributed by atoms with E-state index < -0.39 is 5.54 Å². The summed E-state index contributed by atoms with van der Waals surface area (Å²) in [7, 11) is 0. The van der Waals surface area contributed by atoms with Gasteiger partial charge in [-0.2, -0.15) is 0 Å². The van der Waals surface area contributed by atoms with Crippen LogP contribution >= 0.6 is 0 Å². The molecule has 0 saturated carbocycles. The number of anilines is 1. The number of carbonyl (C=O) groups excluding carboxylic acids is 2. The number of benzene rings is 3. The van der Waals surface area contributed by atoms with E-state index in [4.69, 9.17) is 0 Å². The SMILES string of the molecule is CC.CC.CC.CC.CCCNC(=O)c1ccc([C@H]2C[C@H]3[C@@H](N2)[C@H](c2ccccc2)[C@]2(C(=O)Nc4cc(C)c(C)cc42)N3CC)cc1. The number of nitrogens with zero attached hydrogens (tertiary/aromatic N) is 1. The van der Waals surface area contributed by atoms with Crippen molar-refractivity contribution in [2.45, 2.75) is 126 Å². The van der Waals surface area contributed by atoms with E-state index >= 15 is 0 Å². The van der Waals surface area contributed by atoms with Crippen molar-refractivity contribution < 1.29 is 9.59 Å². The molecule has 2 amide bonds. The molecule has 0 aliphatic carbocycles. The summed E-state index contributed by atoms with van der Waals surface area (Å²) in [4.78, 5) is 29.1. The number of hydrogen-bond acceptors (Lipinski definition) is 4. The van der Waals surface area contributed by atoms with Gasteiger partial charge in [-0.3, -0.25) is 14.5 Å². The Bertz CT molecular complexity index is 1400. The van der Waals surface area contributed by atoms with Gasteiger partial charge in [-0.15, -0.1) is 0 Å². The van der Waals surface area contributed by atoms with Crippen LogP contribution in [0.15, 0.2) is 66.7 Å². The highest BCUT2D eigenvalue weighted by molar-refractivity contribution is 6.07. The summed E-state index contributed by atoms with van der Waals surface area (Å²) in [5, 5.41) is 10.2. The van der Waals surface area contributed by atoms with Gasteiger partial charge < -0.3 is 16.0 Å². The third kappa shape index (κ3) is 7.49. The number of likely N-dealkylation sites (tertiary alicyclic amines) is 1. The Kier molecular flexibility index (Phi) is 15.8. The van der Waals surface area contributed by atoms with E-state index in [-0.39, 0.29) is 35.9 Å². The highest BCUT2D eigenvalue weighted by atomic mass is 16.2. The lowest BCUT2D eigenvalue weighted by atomic mass is 9.73. The maximum absolute atomic E-state index is 14.2. The molecule has 5 atom stereocenters. The van der Waals surface area contributed by atoms with Gasteiger partial charge in [0, 0.05) is 47.4 Å². The molecule has 3 aromatic carbocycles. The summed E-state index contributed by atoms with van der Waals surface area (Å²) >= 11 is 0. The van der Waals surface area contributed by atoms with Crippen LogP contribution in [0.2, 0.25) is 0 Å². The van der Waals surface area contributed by atoms with Gasteiger partial charge in [-0.05, 0) is 73.7 Å². The fourth-order valence-corrected chi connectivity index (χ4v) is 7.34. The molecule has 3 N–H and O–H groups in total. The number of fused-ring (bicyclic) bond motifs is 3. The summed E-state index contributed by atoms with van der Waals surface area (Å²) in [6.07, 6.45) is 1.82. The second-order valence-electron chi connectivity index (χ2n) is 11.3. The fraction of sp³-hybridized carbons (Fsp3) is 0.512. The minimum absolute atomic E-state index is 0.0284. The summed E-state index contributed by atoms with van der Waals surface area (Å²) in [6, 6.07) is 23.4. The molecule has 6 nitrogen and oxygen atoms in total. The molecule has 3 aromatic rings. The molecule has 2 saturated heterocycles. The van der Waals surface area contributed by atoms with Gasteiger partial charge in [0.25, 0.3) is 5.91 Å². The van der Waals surface area contributed by atoms with Crippen molar-refractivity contribution in [3.05, 3.63) is 100 Å². The first-order valence-corrected chi connectivity index (χ1v) is 18.3. The standard InChI is InChI=1S/C33H38N4O2.4C2H6/c1-5-16-34-31(38)24-14-12-22(13-15-24)26-19-28-30(35-26)29(23-10-8-7-9-11-23)33(37(28)6-2)25-17-20(3)21(4)18-27(25)36-32(33)39;4*1-2/h7-15,17-18,26,28-30,35H,5-6,16,19H2,1-4H3,(H,34,38)(H,36,39);4*1-2H3/t26-,28+,29+,30-,33-;;;;/m1..../s1. The summed E-state index contributed by atoms with van der Waals surface area (Å²) < 4.78 is 0. The van der Waals surface area contributed by atoms with Crippen molar-refractivity contribution in [3.63, 3.8) is 0 Å². The number of rotatable bonds is 6. The average molecular weight is 643 g/mol. The molecule has 3 aliphatic rings. The number of carbonyl (C=O) groups is 2. The van der Waals surface area contributed by atoms with Crippen molar-refractivity contribution in [1.29, 1.82) is 0 Å². The molecule has 0 aromatic heterocycles. The van der Waals surface area contributed by atoms with Crippen LogP contribution < -0.4 is 16.0 Å². The van der Waals surface area contributed by atoms with Crippen molar-refractivity contribution in [2.24, 2.45) is 0 Å². The van der Waals surface area contributed by atoms with Crippen molar-refractivity contribution in [1.82, 2.24) is 15.5 Å². The zero-order valence-electron chi connectivity index (χ0n) is 31.3. The quantitative estimate of drug-likeness (QED) is 0.251. The Morgan fingerprint density at radius 1 is 0.851 bits per heavy atom. The number of nitrogens with one attached hydrogen (secondary N) is 3. The molecule has 1 spiro atoms. The second kappa shape index (κ2) is 18.8. The van der Waals surface area contributed by atoms with E-state index in [1.807, 2.05) is 73.6 Å². The first-order valence-electron chi connectivity index (χ1n) is 18.3. The predicted molar refractivity (Wildman–Crippen MR) is 200 cm³/mol. The van der Waals surface area contributed by atoms with Crippen LogP contribution in [0.5, 0.6) is 0 Å². The molecule has 3 heterocycles. The van der Waals surface area contributed by atoms with E-state index in [1.165, 1.54) is 22.3 Å². The van der Waals surface area contributed by atoms with Crippen LogP contribution in [-0.4, -0.2) is 41.9 Å².